The molecule has 0 aliphatic carbocycles. The number of methoxy groups -OCH3 is 1. The number of nitrogens with zero attached hydrogens (tertiary/aromatic N) is 1. The minimum atomic E-state index is 0.0960. The number of phenols is 1. The summed E-state index contributed by atoms with van der Waals surface area (Å²) < 4.78 is 10.4. The topological polar surface area (TPSA) is 75.1 Å². The molecule has 0 unspecified atom stereocenters. The van der Waals surface area contributed by atoms with Gasteiger partial charge in [0.05, 0.1) is 19.9 Å². The van der Waals surface area contributed by atoms with Crippen molar-refractivity contribution in [1.29, 1.82) is 0 Å². The van der Waals surface area contributed by atoms with E-state index in [-0.39, 0.29) is 5.75 Å². The number of benzene rings is 2. The predicted octanol–water partition coefficient (Wildman–Crippen LogP) is 3.12. The van der Waals surface area contributed by atoms with E-state index in [9.17, 15) is 5.11 Å². The monoisotopic (exact) mass is 345 g/mol. The Morgan fingerprint density at radius 2 is 2.00 bits per heavy atom. The Morgan fingerprint density at radius 1 is 1.25 bits per heavy atom. The zero-order valence-corrected chi connectivity index (χ0v) is 14.3. The van der Waals surface area contributed by atoms with Gasteiger partial charge in [-0.15, -0.1) is 0 Å². The standard InChI is InChI=1S/C17H19N3O3S/c1-3-23-16-10-12(4-9-15(16)21)11-18-20-17(24)19-13-5-7-14(22-2)8-6-13/h4-11,21H,3H2,1-2H3,(H2,19,20,24)/b18-11-. The second kappa shape index (κ2) is 8.73. The maximum atomic E-state index is 9.66. The summed E-state index contributed by atoms with van der Waals surface area (Å²) in [5, 5.41) is 17.1. The van der Waals surface area contributed by atoms with Crippen molar-refractivity contribution < 1.29 is 14.6 Å². The van der Waals surface area contributed by atoms with Gasteiger partial charge in [-0.1, -0.05) is 0 Å². The summed E-state index contributed by atoms with van der Waals surface area (Å²) in [4.78, 5) is 0. The van der Waals surface area contributed by atoms with Gasteiger partial charge >= 0.3 is 0 Å². The molecule has 6 nitrogen and oxygen atoms in total. The molecule has 2 aromatic carbocycles. The summed E-state index contributed by atoms with van der Waals surface area (Å²) in [6.45, 7) is 2.33. The van der Waals surface area contributed by atoms with E-state index in [1.165, 1.54) is 0 Å². The molecular formula is C17H19N3O3S. The second-order valence-corrected chi connectivity index (χ2v) is 5.12. The van der Waals surface area contributed by atoms with Crippen LogP contribution in [0.4, 0.5) is 5.69 Å². The molecule has 0 saturated heterocycles. The molecular weight excluding hydrogens is 326 g/mol. The Bertz CT molecular complexity index is 718. The average Bonchev–Trinajstić information content (AvgIpc) is 2.58. The van der Waals surface area contributed by atoms with Gasteiger partial charge in [0, 0.05) is 5.69 Å². The van der Waals surface area contributed by atoms with Crippen molar-refractivity contribution in [2.45, 2.75) is 6.92 Å². The second-order valence-electron chi connectivity index (χ2n) is 4.71. The van der Waals surface area contributed by atoms with Crippen molar-refractivity contribution in [3.8, 4) is 17.2 Å². The first-order valence-corrected chi connectivity index (χ1v) is 7.73. The first-order valence-electron chi connectivity index (χ1n) is 7.32. The first kappa shape index (κ1) is 17.6. The molecule has 0 radical (unpaired) electrons. The molecule has 0 spiro atoms. The van der Waals surface area contributed by atoms with Crippen LogP contribution < -0.4 is 20.2 Å². The fraction of sp³-hybridized carbons (Fsp3) is 0.176. The summed E-state index contributed by atoms with van der Waals surface area (Å²) in [7, 11) is 1.61. The van der Waals surface area contributed by atoms with Crippen molar-refractivity contribution in [3.63, 3.8) is 0 Å². The number of aromatic hydroxyl groups is 1. The number of phenolic OH excluding ortho intramolecular Hbond substituents is 1. The maximum absolute atomic E-state index is 9.66. The number of hydrogen-bond acceptors (Lipinski definition) is 5. The summed E-state index contributed by atoms with van der Waals surface area (Å²) in [6.07, 6.45) is 1.59. The molecule has 0 atom stereocenters. The Balaban J connectivity index is 1.90. The molecule has 0 amide bonds. The lowest BCUT2D eigenvalue weighted by molar-refractivity contribution is 0.318. The summed E-state index contributed by atoms with van der Waals surface area (Å²) >= 11 is 5.17. The van der Waals surface area contributed by atoms with E-state index in [0.29, 0.717) is 17.5 Å². The van der Waals surface area contributed by atoms with Gasteiger partial charge in [-0.25, -0.2) is 0 Å². The van der Waals surface area contributed by atoms with Crippen LogP contribution in [0, 0.1) is 0 Å². The Kier molecular flexibility index (Phi) is 6.39. The lowest BCUT2D eigenvalue weighted by Gasteiger charge is -2.08. The van der Waals surface area contributed by atoms with Gasteiger partial charge in [0.2, 0.25) is 0 Å². The zero-order chi connectivity index (χ0) is 17.4. The highest BCUT2D eigenvalue weighted by molar-refractivity contribution is 7.80. The number of nitrogens with one attached hydrogen (secondary N) is 2. The van der Waals surface area contributed by atoms with Gasteiger partial charge in [0.15, 0.2) is 16.6 Å². The third-order valence-corrected chi connectivity index (χ3v) is 3.20. The molecule has 0 bridgehead atoms. The third-order valence-electron chi connectivity index (χ3n) is 3.01. The van der Waals surface area contributed by atoms with E-state index in [1.54, 1.807) is 31.5 Å². The van der Waals surface area contributed by atoms with Crippen molar-refractivity contribution in [2.75, 3.05) is 19.0 Å². The average molecular weight is 345 g/mol. The largest absolute Gasteiger partial charge is 0.504 e. The quantitative estimate of drug-likeness (QED) is 0.424. The zero-order valence-electron chi connectivity index (χ0n) is 13.4. The van der Waals surface area contributed by atoms with Crippen LogP contribution >= 0.6 is 12.2 Å². The van der Waals surface area contributed by atoms with E-state index in [2.05, 4.69) is 15.8 Å². The molecule has 0 aliphatic heterocycles. The smallest absolute Gasteiger partial charge is 0.191 e. The van der Waals surface area contributed by atoms with Crippen LogP contribution in [-0.4, -0.2) is 30.2 Å². The number of hydrogen-bond donors (Lipinski definition) is 3. The molecule has 0 aliphatic rings. The molecule has 0 fully saturated rings. The van der Waals surface area contributed by atoms with Crippen LogP contribution in [0.5, 0.6) is 17.2 Å². The minimum Gasteiger partial charge on any atom is -0.504 e. The van der Waals surface area contributed by atoms with Crippen LogP contribution in [0.25, 0.3) is 0 Å². The lowest BCUT2D eigenvalue weighted by Crippen LogP contribution is -2.23. The molecule has 0 heterocycles. The van der Waals surface area contributed by atoms with Gasteiger partial charge in [-0.05, 0) is 67.2 Å². The molecule has 0 saturated carbocycles. The molecule has 2 aromatic rings. The van der Waals surface area contributed by atoms with Crippen molar-refractivity contribution in [1.82, 2.24) is 5.43 Å². The Hall–Kier alpha value is -2.80. The van der Waals surface area contributed by atoms with E-state index < -0.39 is 0 Å². The van der Waals surface area contributed by atoms with Crippen LogP contribution in [0.15, 0.2) is 47.6 Å². The molecule has 24 heavy (non-hydrogen) atoms. The van der Waals surface area contributed by atoms with Crippen LogP contribution in [0.3, 0.4) is 0 Å². The normalized spacial score (nSPS) is 10.4. The van der Waals surface area contributed by atoms with Gasteiger partial charge in [-0.3, -0.25) is 5.43 Å². The predicted molar refractivity (Wildman–Crippen MR) is 99.2 cm³/mol. The number of anilines is 1. The first-order chi connectivity index (χ1) is 11.6. The van der Waals surface area contributed by atoms with Gasteiger partial charge in [0.25, 0.3) is 0 Å². The molecule has 2 rings (SSSR count). The van der Waals surface area contributed by atoms with Crippen LogP contribution in [-0.2, 0) is 0 Å². The number of rotatable bonds is 6. The van der Waals surface area contributed by atoms with Gasteiger partial charge < -0.3 is 19.9 Å². The van der Waals surface area contributed by atoms with E-state index in [4.69, 9.17) is 21.7 Å². The fourth-order valence-corrected chi connectivity index (χ4v) is 2.05. The summed E-state index contributed by atoms with van der Waals surface area (Å²) in [5.74, 6) is 1.29. The van der Waals surface area contributed by atoms with Gasteiger partial charge in [0.1, 0.15) is 5.75 Å². The highest BCUT2D eigenvalue weighted by Crippen LogP contribution is 2.26. The third kappa shape index (κ3) is 5.13. The maximum Gasteiger partial charge on any atom is 0.191 e. The van der Waals surface area contributed by atoms with Gasteiger partial charge in [-0.2, -0.15) is 5.10 Å². The molecule has 7 heteroatoms. The Labute approximate surface area is 146 Å². The fourth-order valence-electron chi connectivity index (χ4n) is 1.88. The molecule has 0 aromatic heterocycles. The molecule has 126 valence electrons. The highest BCUT2D eigenvalue weighted by atomic mass is 32.1. The van der Waals surface area contributed by atoms with E-state index in [1.807, 2.05) is 31.2 Å². The van der Waals surface area contributed by atoms with Crippen molar-refractivity contribution >= 4 is 29.2 Å². The number of ether oxygens (including phenoxy) is 2. The van der Waals surface area contributed by atoms with E-state index in [0.717, 1.165) is 17.0 Å². The van der Waals surface area contributed by atoms with Crippen molar-refractivity contribution in [3.05, 3.63) is 48.0 Å². The summed E-state index contributed by atoms with van der Waals surface area (Å²) in [5.41, 5.74) is 4.33. The van der Waals surface area contributed by atoms with Crippen LogP contribution in [0.1, 0.15) is 12.5 Å². The molecule has 3 N–H and O–H groups in total. The Morgan fingerprint density at radius 3 is 2.67 bits per heavy atom. The number of hydrazone groups is 1. The number of thiocarbonyl (C=S) groups is 1. The summed E-state index contributed by atoms with van der Waals surface area (Å²) in [6, 6.07) is 12.3. The SMILES string of the molecule is CCOc1cc(/C=N\NC(=S)Nc2ccc(OC)cc2)ccc1O. The lowest BCUT2D eigenvalue weighted by atomic mass is 10.2. The van der Waals surface area contributed by atoms with Crippen molar-refractivity contribution in [2.24, 2.45) is 5.10 Å². The van der Waals surface area contributed by atoms with E-state index >= 15 is 0 Å². The highest BCUT2D eigenvalue weighted by Gasteiger charge is 2.02. The van der Waals surface area contributed by atoms with Crippen LogP contribution in [0.2, 0.25) is 0 Å². The minimum absolute atomic E-state index is 0.0960.